The largest absolute Gasteiger partial charge is 0.444 e. The molecule has 0 aliphatic heterocycles. The van der Waals surface area contributed by atoms with Gasteiger partial charge in [0.25, 0.3) is 0 Å². The molecule has 0 heterocycles. The average molecular weight is 478 g/mol. The minimum absolute atomic E-state index is 0.303. The number of alkyl carbamates (subject to hydrolysis) is 1. The van der Waals surface area contributed by atoms with Gasteiger partial charge in [0, 0.05) is 12.1 Å². The molecular weight excluding hydrogens is 434 g/mol. The number of aliphatic hydroxyl groups excluding tert-OH is 1. The summed E-state index contributed by atoms with van der Waals surface area (Å²) in [5.74, 6) is -0.875. The third-order valence-corrected chi connectivity index (χ3v) is 5.20. The highest BCUT2D eigenvalue weighted by Crippen LogP contribution is 2.31. The second-order valence-electron chi connectivity index (χ2n) is 10.5. The van der Waals surface area contributed by atoms with Crippen LogP contribution in [0, 0.1) is 6.92 Å². The maximum atomic E-state index is 13.7. The van der Waals surface area contributed by atoms with Crippen molar-refractivity contribution in [3.8, 4) is 0 Å². The number of ether oxygens (including phenoxy) is 1. The Labute approximate surface area is 204 Å². The molecule has 2 unspecified atom stereocenters. The molecule has 0 aromatic heterocycles. The molecule has 34 heavy (non-hydrogen) atoms. The van der Waals surface area contributed by atoms with E-state index in [2.05, 4.69) is 17.6 Å². The quantitative estimate of drug-likeness (QED) is 0.444. The zero-order valence-electron chi connectivity index (χ0n) is 22.0. The number of carbonyl (C=O) groups is 3. The monoisotopic (exact) mass is 477 g/mol. The second-order valence-corrected chi connectivity index (χ2v) is 10.5. The van der Waals surface area contributed by atoms with E-state index in [0.29, 0.717) is 12.1 Å². The van der Waals surface area contributed by atoms with Crippen molar-refractivity contribution < 1.29 is 24.2 Å². The highest BCUT2D eigenvalue weighted by atomic mass is 16.6. The molecule has 0 bridgehead atoms. The summed E-state index contributed by atoms with van der Waals surface area (Å²) in [7, 11) is 0. The third kappa shape index (κ3) is 8.97. The Kier molecular flexibility index (Phi) is 11.0. The Hall–Kier alpha value is -2.61. The van der Waals surface area contributed by atoms with E-state index in [-0.39, 0.29) is 5.91 Å². The number of rotatable bonds is 10. The van der Waals surface area contributed by atoms with E-state index in [1.807, 2.05) is 52.0 Å². The highest BCUT2D eigenvalue weighted by molar-refractivity contribution is 5.93. The zero-order valence-corrected chi connectivity index (χ0v) is 22.0. The van der Waals surface area contributed by atoms with Crippen molar-refractivity contribution in [1.29, 1.82) is 0 Å². The minimum Gasteiger partial charge on any atom is -0.444 e. The van der Waals surface area contributed by atoms with Crippen molar-refractivity contribution in [2.75, 3.05) is 13.2 Å². The van der Waals surface area contributed by atoms with Gasteiger partial charge in [-0.3, -0.25) is 9.59 Å². The van der Waals surface area contributed by atoms with E-state index in [1.54, 1.807) is 20.8 Å². The Bertz CT molecular complexity index is 826. The van der Waals surface area contributed by atoms with Crippen molar-refractivity contribution >= 4 is 17.9 Å². The van der Waals surface area contributed by atoms with Crippen LogP contribution in [0.1, 0.15) is 84.9 Å². The second kappa shape index (κ2) is 12.7. The number of amides is 3. The van der Waals surface area contributed by atoms with Crippen molar-refractivity contribution in [1.82, 2.24) is 15.5 Å². The van der Waals surface area contributed by atoms with Crippen LogP contribution in [-0.2, 0) is 14.3 Å². The van der Waals surface area contributed by atoms with Gasteiger partial charge in [0.15, 0.2) is 0 Å². The SMILES string of the molecule is CCCCCNC(=O)C(c1ccccc1C)N(C(=O)C(CO)NC(=O)OC(C)(C)C)C(C)(C)C. The lowest BCUT2D eigenvalue weighted by Gasteiger charge is -2.43. The molecule has 0 spiro atoms. The van der Waals surface area contributed by atoms with Crippen molar-refractivity contribution in [3.63, 3.8) is 0 Å². The van der Waals surface area contributed by atoms with Gasteiger partial charge in [-0.15, -0.1) is 0 Å². The smallest absolute Gasteiger partial charge is 0.408 e. The lowest BCUT2D eigenvalue weighted by Crippen LogP contribution is -2.59. The van der Waals surface area contributed by atoms with E-state index < -0.39 is 41.8 Å². The molecule has 1 rings (SSSR count). The van der Waals surface area contributed by atoms with E-state index in [0.717, 1.165) is 24.8 Å². The molecule has 0 aliphatic rings. The van der Waals surface area contributed by atoms with Gasteiger partial charge in [0.1, 0.15) is 17.7 Å². The predicted octanol–water partition coefficient (Wildman–Crippen LogP) is 3.86. The van der Waals surface area contributed by atoms with Gasteiger partial charge in [-0.05, 0) is 66.0 Å². The molecule has 8 nitrogen and oxygen atoms in total. The molecule has 1 aromatic carbocycles. The number of nitrogens with one attached hydrogen (secondary N) is 2. The van der Waals surface area contributed by atoms with Crippen LogP contribution in [-0.4, -0.2) is 58.2 Å². The predicted molar refractivity (Wildman–Crippen MR) is 133 cm³/mol. The number of hydrogen-bond donors (Lipinski definition) is 3. The number of carbonyl (C=O) groups excluding carboxylic acids is 3. The first kappa shape index (κ1) is 29.4. The number of aliphatic hydroxyl groups is 1. The van der Waals surface area contributed by atoms with Crippen molar-refractivity contribution in [2.24, 2.45) is 0 Å². The molecule has 0 radical (unpaired) electrons. The maximum absolute atomic E-state index is 13.7. The summed E-state index contributed by atoms with van der Waals surface area (Å²) in [5.41, 5.74) is -0.0150. The summed E-state index contributed by atoms with van der Waals surface area (Å²) < 4.78 is 5.26. The first-order valence-corrected chi connectivity index (χ1v) is 12.0. The molecular formula is C26H43N3O5. The number of unbranched alkanes of at least 4 members (excludes halogenated alkanes) is 2. The molecule has 8 heteroatoms. The van der Waals surface area contributed by atoms with Crippen LogP contribution in [0.3, 0.4) is 0 Å². The summed E-state index contributed by atoms with van der Waals surface area (Å²) in [4.78, 5) is 41.0. The summed E-state index contributed by atoms with van der Waals surface area (Å²) in [6.45, 7) is 14.4. The molecule has 192 valence electrons. The zero-order chi connectivity index (χ0) is 26.1. The fourth-order valence-corrected chi connectivity index (χ4v) is 3.62. The van der Waals surface area contributed by atoms with E-state index in [1.165, 1.54) is 4.90 Å². The molecule has 0 aliphatic carbocycles. The highest BCUT2D eigenvalue weighted by Gasteiger charge is 2.42. The van der Waals surface area contributed by atoms with E-state index in [9.17, 15) is 19.5 Å². The van der Waals surface area contributed by atoms with Crippen LogP contribution in [0.5, 0.6) is 0 Å². The fourth-order valence-electron chi connectivity index (χ4n) is 3.62. The number of benzene rings is 1. The van der Waals surface area contributed by atoms with E-state index >= 15 is 0 Å². The maximum Gasteiger partial charge on any atom is 0.408 e. The van der Waals surface area contributed by atoms with Gasteiger partial charge in [-0.2, -0.15) is 0 Å². The van der Waals surface area contributed by atoms with E-state index in [4.69, 9.17) is 4.74 Å². The fraction of sp³-hybridized carbons (Fsp3) is 0.654. The Morgan fingerprint density at radius 3 is 2.18 bits per heavy atom. The van der Waals surface area contributed by atoms with Crippen LogP contribution in [0.15, 0.2) is 24.3 Å². The molecule has 1 aromatic rings. The van der Waals surface area contributed by atoms with Gasteiger partial charge in [-0.25, -0.2) is 4.79 Å². The number of nitrogens with zero attached hydrogens (tertiary/aromatic N) is 1. The van der Waals surface area contributed by atoms with Gasteiger partial charge in [0.05, 0.1) is 6.61 Å². The van der Waals surface area contributed by atoms with Gasteiger partial charge in [0.2, 0.25) is 11.8 Å². The lowest BCUT2D eigenvalue weighted by molar-refractivity contribution is -0.149. The normalized spacial score (nSPS) is 13.6. The number of aryl methyl sites for hydroxylation is 1. The third-order valence-electron chi connectivity index (χ3n) is 5.20. The Balaban J connectivity index is 3.39. The Morgan fingerprint density at radius 1 is 1.06 bits per heavy atom. The molecule has 0 saturated heterocycles. The van der Waals surface area contributed by atoms with Crippen LogP contribution < -0.4 is 10.6 Å². The number of hydrogen-bond acceptors (Lipinski definition) is 5. The first-order valence-electron chi connectivity index (χ1n) is 12.0. The first-order chi connectivity index (χ1) is 15.7. The Morgan fingerprint density at radius 2 is 1.68 bits per heavy atom. The van der Waals surface area contributed by atoms with Crippen LogP contribution in [0.2, 0.25) is 0 Å². The molecule has 2 atom stereocenters. The van der Waals surface area contributed by atoms with Crippen molar-refractivity contribution in [2.45, 2.75) is 97.9 Å². The summed E-state index contributed by atoms with van der Waals surface area (Å²) in [5, 5.41) is 15.4. The molecule has 0 saturated carbocycles. The summed E-state index contributed by atoms with van der Waals surface area (Å²) in [6.07, 6.45) is 2.04. The summed E-state index contributed by atoms with van der Waals surface area (Å²) in [6, 6.07) is 5.21. The van der Waals surface area contributed by atoms with Crippen LogP contribution >= 0.6 is 0 Å². The molecule has 0 fully saturated rings. The average Bonchev–Trinajstić information content (AvgIpc) is 2.71. The van der Waals surface area contributed by atoms with Crippen LogP contribution in [0.4, 0.5) is 4.79 Å². The van der Waals surface area contributed by atoms with Crippen molar-refractivity contribution in [3.05, 3.63) is 35.4 Å². The van der Waals surface area contributed by atoms with Crippen LogP contribution in [0.25, 0.3) is 0 Å². The molecule has 3 amide bonds. The molecule has 3 N–H and O–H groups in total. The van der Waals surface area contributed by atoms with Gasteiger partial charge < -0.3 is 25.4 Å². The van der Waals surface area contributed by atoms with Gasteiger partial charge >= 0.3 is 6.09 Å². The van der Waals surface area contributed by atoms with Gasteiger partial charge in [-0.1, -0.05) is 44.0 Å². The standard InChI is InChI=1S/C26H43N3O5/c1-9-10-13-16-27-22(31)21(19-15-12-11-14-18(19)2)29(25(3,4)5)23(32)20(17-30)28-24(33)34-26(6,7)8/h11-12,14-15,20-21,30H,9-10,13,16-17H2,1-8H3,(H,27,31)(H,28,33). The minimum atomic E-state index is -1.27. The lowest BCUT2D eigenvalue weighted by atomic mass is 9.93. The topological polar surface area (TPSA) is 108 Å². The summed E-state index contributed by atoms with van der Waals surface area (Å²) >= 11 is 0.